The summed E-state index contributed by atoms with van der Waals surface area (Å²) in [6, 6.07) is 14.7. The van der Waals surface area contributed by atoms with Gasteiger partial charge in [0, 0.05) is 17.2 Å². The summed E-state index contributed by atoms with van der Waals surface area (Å²) in [7, 11) is 0. The lowest BCUT2D eigenvalue weighted by Gasteiger charge is -2.06. The molecule has 3 rings (SSSR count). The van der Waals surface area contributed by atoms with Crippen molar-refractivity contribution in [2.24, 2.45) is 0 Å². The van der Waals surface area contributed by atoms with Crippen molar-refractivity contribution in [1.82, 2.24) is 9.38 Å². The van der Waals surface area contributed by atoms with E-state index in [0.29, 0.717) is 11.3 Å². The number of pyridine rings is 1. The fourth-order valence-electron chi connectivity index (χ4n) is 2.19. The Labute approximate surface area is 143 Å². The Morgan fingerprint density at radius 2 is 2.00 bits per heavy atom. The highest BCUT2D eigenvalue weighted by molar-refractivity contribution is 8.00. The molecule has 122 valence electrons. The lowest BCUT2D eigenvalue weighted by atomic mass is 10.3. The van der Waals surface area contributed by atoms with E-state index in [0.717, 1.165) is 10.5 Å². The molecule has 6 heteroatoms. The minimum Gasteiger partial charge on any atom is -0.459 e. The van der Waals surface area contributed by atoms with Crippen molar-refractivity contribution in [3.05, 3.63) is 76.3 Å². The Kier molecular flexibility index (Phi) is 4.96. The number of aryl methyl sites for hydroxylation is 1. The second-order valence-corrected chi connectivity index (χ2v) is 6.33. The van der Waals surface area contributed by atoms with E-state index in [4.69, 9.17) is 4.74 Å². The number of carbonyl (C=O) groups is 1. The fourth-order valence-corrected chi connectivity index (χ4v) is 2.90. The predicted molar refractivity (Wildman–Crippen MR) is 93.2 cm³/mol. The summed E-state index contributed by atoms with van der Waals surface area (Å²) >= 11 is 1.41. The van der Waals surface area contributed by atoms with Crippen LogP contribution in [0, 0.1) is 6.92 Å². The van der Waals surface area contributed by atoms with Gasteiger partial charge in [0.1, 0.15) is 12.3 Å². The normalized spacial score (nSPS) is 10.7. The van der Waals surface area contributed by atoms with Gasteiger partial charge in [0.25, 0.3) is 5.56 Å². The molecule has 0 bridgehead atoms. The summed E-state index contributed by atoms with van der Waals surface area (Å²) < 4.78 is 6.69. The first-order valence-electron chi connectivity index (χ1n) is 7.44. The quantitative estimate of drug-likeness (QED) is 0.528. The molecular formula is C18H16N2O3S. The predicted octanol–water partition coefficient (Wildman–Crippen LogP) is 2.84. The molecule has 0 aliphatic heterocycles. The van der Waals surface area contributed by atoms with Crippen LogP contribution in [0.5, 0.6) is 0 Å². The van der Waals surface area contributed by atoms with Crippen LogP contribution in [-0.2, 0) is 16.1 Å². The zero-order valence-electron chi connectivity index (χ0n) is 13.1. The molecule has 0 saturated heterocycles. The van der Waals surface area contributed by atoms with E-state index in [-0.39, 0.29) is 23.9 Å². The van der Waals surface area contributed by atoms with Crippen LogP contribution in [0.15, 0.2) is 64.4 Å². The van der Waals surface area contributed by atoms with Crippen molar-refractivity contribution in [2.45, 2.75) is 18.4 Å². The molecule has 0 unspecified atom stereocenters. The van der Waals surface area contributed by atoms with Gasteiger partial charge in [-0.2, -0.15) is 0 Å². The van der Waals surface area contributed by atoms with Gasteiger partial charge in [-0.1, -0.05) is 24.3 Å². The van der Waals surface area contributed by atoms with Crippen LogP contribution in [0.4, 0.5) is 0 Å². The van der Waals surface area contributed by atoms with Crippen molar-refractivity contribution in [3.63, 3.8) is 0 Å². The van der Waals surface area contributed by atoms with Crippen molar-refractivity contribution >= 4 is 23.4 Å². The summed E-state index contributed by atoms with van der Waals surface area (Å²) in [4.78, 5) is 29.3. The number of thioether (sulfide) groups is 1. The van der Waals surface area contributed by atoms with Crippen molar-refractivity contribution in [2.75, 3.05) is 5.75 Å². The number of ether oxygens (including phenoxy) is 1. The number of hydrogen-bond donors (Lipinski definition) is 0. The maximum absolute atomic E-state index is 12.1. The topological polar surface area (TPSA) is 60.7 Å². The molecule has 2 heterocycles. The lowest BCUT2D eigenvalue weighted by molar-refractivity contribution is -0.141. The zero-order chi connectivity index (χ0) is 16.9. The first-order valence-corrected chi connectivity index (χ1v) is 8.43. The van der Waals surface area contributed by atoms with E-state index in [1.54, 1.807) is 12.3 Å². The van der Waals surface area contributed by atoms with Gasteiger partial charge in [-0.25, -0.2) is 4.98 Å². The minimum atomic E-state index is -0.338. The number of hydrogen-bond acceptors (Lipinski definition) is 5. The van der Waals surface area contributed by atoms with E-state index in [1.807, 2.05) is 43.3 Å². The maximum atomic E-state index is 12.1. The van der Waals surface area contributed by atoms with Gasteiger partial charge in [0.2, 0.25) is 0 Å². The van der Waals surface area contributed by atoms with E-state index in [9.17, 15) is 9.59 Å². The van der Waals surface area contributed by atoms with E-state index in [2.05, 4.69) is 4.98 Å². The van der Waals surface area contributed by atoms with E-state index in [1.165, 1.54) is 22.2 Å². The van der Waals surface area contributed by atoms with Gasteiger partial charge in [0.05, 0.1) is 11.4 Å². The van der Waals surface area contributed by atoms with Gasteiger partial charge < -0.3 is 4.74 Å². The lowest BCUT2D eigenvalue weighted by Crippen LogP contribution is -2.17. The number of benzene rings is 1. The number of aromatic nitrogens is 2. The molecule has 0 aliphatic carbocycles. The third-order valence-electron chi connectivity index (χ3n) is 3.34. The Bertz CT molecular complexity index is 922. The Morgan fingerprint density at radius 3 is 2.79 bits per heavy atom. The average molecular weight is 340 g/mol. The van der Waals surface area contributed by atoms with Crippen molar-refractivity contribution in [3.8, 4) is 0 Å². The fraction of sp³-hybridized carbons (Fsp3) is 0.167. The smallest absolute Gasteiger partial charge is 0.316 e. The maximum Gasteiger partial charge on any atom is 0.316 e. The molecule has 3 aromatic rings. The highest BCUT2D eigenvalue weighted by Crippen LogP contribution is 2.17. The van der Waals surface area contributed by atoms with Crippen LogP contribution in [0.2, 0.25) is 0 Å². The Balaban J connectivity index is 1.62. The first-order chi connectivity index (χ1) is 11.6. The highest BCUT2D eigenvalue weighted by atomic mass is 32.2. The van der Waals surface area contributed by atoms with Crippen LogP contribution < -0.4 is 5.56 Å². The monoisotopic (exact) mass is 340 g/mol. The molecule has 2 aromatic heterocycles. The van der Waals surface area contributed by atoms with Crippen LogP contribution in [0.1, 0.15) is 11.3 Å². The molecule has 0 fully saturated rings. The number of fused-ring (bicyclic) bond motifs is 1. The first kappa shape index (κ1) is 16.3. The Hall–Kier alpha value is -2.60. The number of carbonyl (C=O) groups excluding carboxylic acids is 1. The largest absolute Gasteiger partial charge is 0.459 e. The summed E-state index contributed by atoms with van der Waals surface area (Å²) in [5.41, 5.74) is 1.77. The molecule has 5 nitrogen and oxygen atoms in total. The van der Waals surface area contributed by atoms with E-state index >= 15 is 0 Å². The molecule has 0 amide bonds. The van der Waals surface area contributed by atoms with Crippen LogP contribution >= 0.6 is 11.8 Å². The molecule has 0 aliphatic rings. The molecule has 0 saturated carbocycles. The second-order valence-electron chi connectivity index (χ2n) is 5.28. The van der Waals surface area contributed by atoms with Gasteiger partial charge in [-0.05, 0) is 30.7 Å². The van der Waals surface area contributed by atoms with Gasteiger partial charge in [0.15, 0.2) is 0 Å². The zero-order valence-corrected chi connectivity index (χ0v) is 14.0. The second kappa shape index (κ2) is 7.31. The third-order valence-corrected chi connectivity index (χ3v) is 4.33. The summed E-state index contributed by atoms with van der Waals surface area (Å²) in [6.07, 6.45) is 1.73. The van der Waals surface area contributed by atoms with Crippen molar-refractivity contribution in [1.29, 1.82) is 0 Å². The van der Waals surface area contributed by atoms with Crippen molar-refractivity contribution < 1.29 is 9.53 Å². The van der Waals surface area contributed by atoms with Gasteiger partial charge in [-0.15, -0.1) is 11.8 Å². The average Bonchev–Trinajstić information content (AvgIpc) is 2.60. The summed E-state index contributed by atoms with van der Waals surface area (Å²) in [5.74, 6) is -0.120. The standard InChI is InChI=1S/C18H16N2O3S/c1-13-7-8-16-19-14(9-17(21)20(16)10-13)11-23-18(22)12-24-15-5-3-2-4-6-15/h2-10H,11-12H2,1H3. The SMILES string of the molecule is Cc1ccc2nc(COC(=O)CSc3ccccc3)cc(=O)n2c1. The number of rotatable bonds is 5. The summed E-state index contributed by atoms with van der Waals surface area (Å²) in [6.45, 7) is 1.90. The van der Waals surface area contributed by atoms with Crippen LogP contribution in [-0.4, -0.2) is 21.1 Å². The molecule has 0 atom stereocenters. The molecule has 0 N–H and O–H groups in total. The molecule has 0 spiro atoms. The molecule has 1 aromatic carbocycles. The number of nitrogens with zero attached hydrogens (tertiary/aromatic N) is 2. The van der Waals surface area contributed by atoms with Gasteiger partial charge >= 0.3 is 5.97 Å². The minimum absolute atomic E-state index is 0.00615. The third kappa shape index (κ3) is 4.02. The van der Waals surface area contributed by atoms with Gasteiger partial charge in [-0.3, -0.25) is 14.0 Å². The van der Waals surface area contributed by atoms with E-state index < -0.39 is 0 Å². The number of esters is 1. The molecular weight excluding hydrogens is 324 g/mol. The highest BCUT2D eigenvalue weighted by Gasteiger charge is 2.07. The summed E-state index contributed by atoms with van der Waals surface area (Å²) in [5, 5.41) is 0. The van der Waals surface area contributed by atoms with Crippen LogP contribution in [0.25, 0.3) is 5.65 Å². The molecule has 24 heavy (non-hydrogen) atoms. The van der Waals surface area contributed by atoms with Crippen LogP contribution in [0.3, 0.4) is 0 Å². The Morgan fingerprint density at radius 1 is 1.21 bits per heavy atom. The molecule has 0 radical (unpaired) electrons.